The van der Waals surface area contributed by atoms with Crippen molar-refractivity contribution >= 4 is 55.7 Å². The number of piperidine rings is 1. The van der Waals surface area contributed by atoms with Crippen molar-refractivity contribution in [3.05, 3.63) is 0 Å². The van der Waals surface area contributed by atoms with Crippen molar-refractivity contribution in [1.82, 2.24) is 4.90 Å². The maximum atomic E-state index is 11.4. The van der Waals surface area contributed by atoms with E-state index in [0.29, 0.717) is 5.91 Å². The quantitative estimate of drug-likeness (QED) is 0.625. The first-order valence-corrected chi connectivity index (χ1v) is 20.1. The molecule has 0 radical (unpaired) electrons. The zero-order valence-electron chi connectivity index (χ0n) is 6.52. The summed E-state index contributed by atoms with van der Waals surface area (Å²) in [6.07, 6.45) is 2.94. The molecule has 1 aliphatic rings. The predicted molar refractivity (Wildman–Crippen MR) is 63.0 cm³/mol. The summed E-state index contributed by atoms with van der Waals surface area (Å²) in [5.74, 6) is 0.301. The number of likely N-dealkylation sites (tertiary alicyclic amines) is 1. The predicted octanol–water partition coefficient (Wildman–Crippen LogP) is 2.66. The third kappa shape index (κ3) is 4.11. The summed E-state index contributed by atoms with van der Waals surface area (Å²) in [7, 11) is -2.11. The molecule has 1 fully saturated rings. The minimum atomic E-state index is -2.11. The third-order valence-corrected chi connectivity index (χ3v) is 7.25. The van der Waals surface area contributed by atoms with E-state index in [9.17, 15) is 4.79 Å². The van der Waals surface area contributed by atoms with Crippen molar-refractivity contribution in [2.24, 2.45) is 0 Å². The number of amides is 1. The van der Waals surface area contributed by atoms with Crippen molar-refractivity contribution in [3.8, 4) is 0 Å². The zero-order valence-corrected chi connectivity index (χ0v) is 13.4. The van der Waals surface area contributed by atoms with Gasteiger partial charge in [0.05, 0.1) is 0 Å². The standard InChI is InChI=1S/C6H10Br3GeNO/c7-10(8,9)5-11-4-2-1-3-6(11)12/h1-5H2. The van der Waals surface area contributed by atoms with E-state index in [1.165, 1.54) is 0 Å². The molecule has 0 aromatic carbocycles. The molecule has 12 heavy (non-hydrogen) atoms. The fourth-order valence-electron chi connectivity index (χ4n) is 1.25. The van der Waals surface area contributed by atoms with E-state index in [1.807, 2.05) is 4.90 Å². The Morgan fingerprint density at radius 2 is 2.00 bits per heavy atom. The first-order chi connectivity index (χ1) is 5.49. The van der Waals surface area contributed by atoms with Gasteiger partial charge in [-0.05, 0) is 0 Å². The fraction of sp³-hybridized carbons (Fsp3) is 0.833. The van der Waals surface area contributed by atoms with Crippen LogP contribution in [0.4, 0.5) is 0 Å². The molecule has 70 valence electrons. The summed E-state index contributed by atoms with van der Waals surface area (Å²) in [6.45, 7) is 0.925. The number of halogens is 3. The van der Waals surface area contributed by atoms with Gasteiger partial charge in [-0.25, -0.2) is 0 Å². The summed E-state index contributed by atoms with van der Waals surface area (Å²) in [5, 5.41) is 0.846. The van der Waals surface area contributed by atoms with Gasteiger partial charge in [0, 0.05) is 0 Å². The number of carbonyl (C=O) groups is 1. The Kier molecular flexibility index (Phi) is 4.61. The number of nitrogens with zero attached hydrogens (tertiary/aromatic N) is 1. The summed E-state index contributed by atoms with van der Waals surface area (Å²) in [5.41, 5.74) is 0. The molecule has 0 aromatic rings. The fourth-order valence-corrected chi connectivity index (χ4v) is 7.57. The van der Waals surface area contributed by atoms with E-state index in [0.717, 1.165) is 31.2 Å². The molecule has 2 nitrogen and oxygen atoms in total. The molecule has 1 amide bonds. The van der Waals surface area contributed by atoms with Crippen LogP contribution in [0.25, 0.3) is 0 Å². The maximum absolute atomic E-state index is 11.4. The normalized spacial score (nSPS) is 19.9. The third-order valence-electron chi connectivity index (χ3n) is 1.79. The van der Waals surface area contributed by atoms with Gasteiger partial charge >= 0.3 is 96.5 Å². The second kappa shape index (κ2) is 4.80. The van der Waals surface area contributed by atoms with Crippen LogP contribution in [0.5, 0.6) is 0 Å². The molecule has 0 spiro atoms. The Balaban J connectivity index is 2.45. The molecule has 0 N–H and O–H groups in total. The molecule has 6 heteroatoms. The van der Waals surface area contributed by atoms with Crippen LogP contribution in [0.2, 0.25) is 0 Å². The molecular weight excluding hydrogens is 414 g/mol. The molecular formula is C6H10Br3GeNO. The van der Waals surface area contributed by atoms with Gasteiger partial charge in [-0.1, -0.05) is 0 Å². The SMILES string of the molecule is O=C1CCCCN1[CH2][Ge]([Br])([Br])[Br]. The molecule has 1 saturated heterocycles. The van der Waals surface area contributed by atoms with Crippen molar-refractivity contribution in [2.45, 2.75) is 19.3 Å². The molecule has 1 rings (SSSR count). The summed E-state index contributed by atoms with van der Waals surface area (Å²) < 4.78 is 0. The first-order valence-electron chi connectivity index (χ1n) is 3.83. The molecule has 0 atom stereocenters. The van der Waals surface area contributed by atoms with Crippen LogP contribution in [-0.2, 0) is 4.79 Å². The van der Waals surface area contributed by atoms with E-state index < -0.39 is 7.74 Å². The van der Waals surface area contributed by atoms with Gasteiger partial charge < -0.3 is 0 Å². The van der Waals surface area contributed by atoms with Crippen LogP contribution in [-0.4, -0.2) is 30.5 Å². The Hall–Kier alpha value is 1.45. The van der Waals surface area contributed by atoms with Gasteiger partial charge in [-0.15, -0.1) is 0 Å². The van der Waals surface area contributed by atoms with Gasteiger partial charge in [0.1, 0.15) is 0 Å². The van der Waals surface area contributed by atoms with E-state index >= 15 is 0 Å². The van der Waals surface area contributed by atoms with Crippen molar-refractivity contribution in [1.29, 1.82) is 0 Å². The van der Waals surface area contributed by atoms with Crippen molar-refractivity contribution in [2.75, 3.05) is 11.9 Å². The van der Waals surface area contributed by atoms with Gasteiger partial charge in [0.25, 0.3) is 0 Å². The van der Waals surface area contributed by atoms with Gasteiger partial charge in [0.15, 0.2) is 0 Å². The Morgan fingerprint density at radius 1 is 1.33 bits per heavy atom. The van der Waals surface area contributed by atoms with Crippen molar-refractivity contribution in [3.63, 3.8) is 0 Å². The van der Waals surface area contributed by atoms with E-state index in [2.05, 4.69) is 42.0 Å². The van der Waals surface area contributed by atoms with E-state index in [-0.39, 0.29) is 0 Å². The number of hydrogen-bond acceptors (Lipinski definition) is 1. The molecule has 1 aliphatic heterocycles. The topological polar surface area (TPSA) is 20.3 Å². The Morgan fingerprint density at radius 3 is 2.50 bits per heavy atom. The molecule has 0 bridgehead atoms. The van der Waals surface area contributed by atoms with Gasteiger partial charge in [-0.3, -0.25) is 0 Å². The van der Waals surface area contributed by atoms with E-state index in [1.54, 1.807) is 0 Å². The molecule has 0 unspecified atom stereocenters. The number of carbonyl (C=O) groups excluding carboxylic acids is 1. The first kappa shape index (κ1) is 11.5. The van der Waals surface area contributed by atoms with Crippen LogP contribution >= 0.6 is 42.0 Å². The molecule has 0 saturated carbocycles. The van der Waals surface area contributed by atoms with Crippen molar-refractivity contribution < 1.29 is 4.79 Å². The summed E-state index contributed by atoms with van der Waals surface area (Å²) in [6, 6.07) is 0. The zero-order chi connectivity index (χ0) is 9.19. The van der Waals surface area contributed by atoms with Crippen LogP contribution < -0.4 is 0 Å². The van der Waals surface area contributed by atoms with Crippen LogP contribution in [0.3, 0.4) is 0 Å². The molecule has 0 aromatic heterocycles. The average molecular weight is 424 g/mol. The Labute approximate surface area is 95.7 Å². The molecule has 1 heterocycles. The average Bonchev–Trinajstić information content (AvgIpc) is 1.91. The van der Waals surface area contributed by atoms with E-state index in [4.69, 9.17) is 0 Å². The number of rotatable bonds is 2. The molecule has 0 aliphatic carbocycles. The van der Waals surface area contributed by atoms with Crippen LogP contribution in [0.1, 0.15) is 19.3 Å². The van der Waals surface area contributed by atoms with Crippen LogP contribution in [0, 0.1) is 0 Å². The van der Waals surface area contributed by atoms with Crippen LogP contribution in [0.15, 0.2) is 0 Å². The second-order valence-corrected chi connectivity index (χ2v) is 43.8. The monoisotopic (exact) mass is 423 g/mol. The minimum absolute atomic E-state index is 0.301. The second-order valence-electron chi connectivity index (χ2n) is 2.89. The summed E-state index contributed by atoms with van der Waals surface area (Å²) in [4.78, 5) is 13.3. The number of hydrogen-bond donors (Lipinski definition) is 0. The summed E-state index contributed by atoms with van der Waals surface area (Å²) >= 11 is 10.7. The van der Waals surface area contributed by atoms with Gasteiger partial charge in [0.2, 0.25) is 0 Å². The Bertz CT molecular complexity index is 182. The van der Waals surface area contributed by atoms with Gasteiger partial charge in [-0.2, -0.15) is 0 Å².